The molecule has 1 aromatic carbocycles. The lowest BCUT2D eigenvalue weighted by molar-refractivity contribution is -0.145. The van der Waals surface area contributed by atoms with Crippen molar-refractivity contribution < 1.29 is 24.2 Å². The summed E-state index contributed by atoms with van der Waals surface area (Å²) < 4.78 is 5.28. The number of ether oxygens (including phenoxy) is 1. The predicted molar refractivity (Wildman–Crippen MR) is 76.6 cm³/mol. The maximum Gasteiger partial charge on any atom is 0.329 e. The summed E-state index contributed by atoms with van der Waals surface area (Å²) in [6, 6.07) is 6.74. The molecular formula is C16H17NO5. The minimum atomic E-state index is -0.984. The molecule has 1 aromatic rings. The van der Waals surface area contributed by atoms with Gasteiger partial charge >= 0.3 is 5.97 Å². The van der Waals surface area contributed by atoms with Crippen LogP contribution in [-0.2, 0) is 9.53 Å². The van der Waals surface area contributed by atoms with E-state index in [1.807, 2.05) is 0 Å². The van der Waals surface area contributed by atoms with Crippen molar-refractivity contribution in [3.8, 4) is 0 Å². The number of hydrogen-bond acceptors (Lipinski definition) is 4. The molecule has 6 heteroatoms. The molecule has 1 heterocycles. The lowest BCUT2D eigenvalue weighted by Crippen LogP contribution is -2.43. The predicted octanol–water partition coefficient (Wildman–Crippen LogP) is 1.69. The van der Waals surface area contributed by atoms with E-state index in [0.29, 0.717) is 36.8 Å². The van der Waals surface area contributed by atoms with E-state index in [1.165, 1.54) is 4.90 Å². The number of carboxylic acid groups (broad SMARTS) is 1. The number of rotatable bonds is 4. The van der Waals surface area contributed by atoms with Crippen LogP contribution in [-0.4, -0.2) is 46.5 Å². The molecule has 0 aromatic heterocycles. The zero-order chi connectivity index (χ0) is 15.7. The highest BCUT2D eigenvalue weighted by Crippen LogP contribution is 2.31. The molecule has 1 fully saturated rings. The highest BCUT2D eigenvalue weighted by Gasteiger charge is 2.40. The first-order valence-corrected chi connectivity index (χ1v) is 7.38. The summed E-state index contributed by atoms with van der Waals surface area (Å²) in [5.41, 5.74) is 0.938. The van der Waals surface area contributed by atoms with E-state index in [-0.39, 0.29) is 30.6 Å². The van der Waals surface area contributed by atoms with Crippen LogP contribution in [0, 0.1) is 0 Å². The molecule has 116 valence electrons. The van der Waals surface area contributed by atoms with E-state index in [4.69, 9.17) is 9.84 Å². The van der Waals surface area contributed by atoms with E-state index < -0.39 is 5.97 Å². The van der Waals surface area contributed by atoms with Gasteiger partial charge in [-0.15, -0.1) is 0 Å². The second kappa shape index (κ2) is 5.88. The number of carbonyl (C=O) groups excluding carboxylic acids is 2. The normalized spacial score (nSPS) is 24.5. The Bertz CT molecular complexity index is 584. The first kappa shape index (κ1) is 14.7. The van der Waals surface area contributed by atoms with Crippen molar-refractivity contribution in [2.75, 3.05) is 6.61 Å². The molecule has 0 saturated heterocycles. The minimum absolute atomic E-state index is 0.109. The van der Waals surface area contributed by atoms with Crippen molar-refractivity contribution >= 4 is 17.8 Å². The van der Waals surface area contributed by atoms with Crippen molar-refractivity contribution in [2.24, 2.45) is 0 Å². The highest BCUT2D eigenvalue weighted by atomic mass is 16.5. The molecule has 0 unspecified atom stereocenters. The van der Waals surface area contributed by atoms with E-state index >= 15 is 0 Å². The van der Waals surface area contributed by atoms with Crippen LogP contribution in [0.3, 0.4) is 0 Å². The van der Waals surface area contributed by atoms with Crippen molar-refractivity contribution in [3.05, 3.63) is 35.4 Å². The van der Waals surface area contributed by atoms with Gasteiger partial charge in [-0.3, -0.25) is 14.5 Å². The minimum Gasteiger partial charge on any atom is -0.480 e. The van der Waals surface area contributed by atoms with Gasteiger partial charge in [0.1, 0.15) is 6.61 Å². The van der Waals surface area contributed by atoms with Gasteiger partial charge in [-0.05, 0) is 37.8 Å². The molecule has 1 saturated carbocycles. The van der Waals surface area contributed by atoms with Gasteiger partial charge in [0.2, 0.25) is 0 Å². The molecule has 2 amide bonds. The Morgan fingerprint density at radius 2 is 1.64 bits per heavy atom. The number of imide groups is 1. The number of nitrogens with zero attached hydrogens (tertiary/aromatic N) is 1. The second-order valence-electron chi connectivity index (χ2n) is 5.66. The van der Waals surface area contributed by atoms with Gasteiger partial charge in [0.15, 0.2) is 0 Å². The van der Waals surface area contributed by atoms with Gasteiger partial charge in [0.05, 0.1) is 17.2 Å². The van der Waals surface area contributed by atoms with Crippen LogP contribution in [0.5, 0.6) is 0 Å². The smallest absolute Gasteiger partial charge is 0.329 e. The zero-order valence-corrected chi connectivity index (χ0v) is 12.0. The van der Waals surface area contributed by atoms with E-state index in [2.05, 4.69) is 0 Å². The molecule has 0 atom stereocenters. The number of fused-ring (bicyclic) bond motifs is 1. The summed E-state index contributed by atoms with van der Waals surface area (Å²) in [5.74, 6) is -1.44. The summed E-state index contributed by atoms with van der Waals surface area (Å²) >= 11 is 0. The summed E-state index contributed by atoms with van der Waals surface area (Å²) in [5, 5.41) is 8.62. The molecule has 0 radical (unpaired) electrons. The molecule has 22 heavy (non-hydrogen) atoms. The maximum absolute atomic E-state index is 12.4. The van der Waals surface area contributed by atoms with E-state index in [0.717, 1.165) is 0 Å². The average Bonchev–Trinajstić information content (AvgIpc) is 2.78. The van der Waals surface area contributed by atoms with Gasteiger partial charge in [-0.25, -0.2) is 4.79 Å². The third-order valence-corrected chi connectivity index (χ3v) is 4.28. The van der Waals surface area contributed by atoms with Crippen LogP contribution in [0.1, 0.15) is 46.4 Å². The Hall–Kier alpha value is -2.21. The first-order chi connectivity index (χ1) is 10.6. The van der Waals surface area contributed by atoms with E-state index in [1.54, 1.807) is 24.3 Å². The third kappa shape index (κ3) is 2.62. The number of benzene rings is 1. The molecule has 0 spiro atoms. The molecule has 0 bridgehead atoms. The third-order valence-electron chi connectivity index (χ3n) is 4.28. The van der Waals surface area contributed by atoms with Gasteiger partial charge in [0, 0.05) is 6.04 Å². The summed E-state index contributed by atoms with van der Waals surface area (Å²) in [6.07, 6.45) is 2.50. The fourth-order valence-electron chi connectivity index (χ4n) is 3.20. The molecule has 1 aliphatic carbocycles. The second-order valence-corrected chi connectivity index (χ2v) is 5.66. The fourth-order valence-corrected chi connectivity index (χ4v) is 3.20. The number of amides is 2. The Morgan fingerprint density at radius 1 is 1.09 bits per heavy atom. The Balaban J connectivity index is 1.64. The molecule has 1 aliphatic heterocycles. The largest absolute Gasteiger partial charge is 0.480 e. The summed E-state index contributed by atoms with van der Waals surface area (Å²) in [4.78, 5) is 36.7. The molecular weight excluding hydrogens is 286 g/mol. The van der Waals surface area contributed by atoms with Crippen LogP contribution < -0.4 is 0 Å². The quantitative estimate of drug-likeness (QED) is 0.856. The van der Waals surface area contributed by atoms with Gasteiger partial charge < -0.3 is 9.84 Å². The van der Waals surface area contributed by atoms with Crippen LogP contribution in [0.2, 0.25) is 0 Å². The average molecular weight is 303 g/mol. The van der Waals surface area contributed by atoms with Gasteiger partial charge in [0.25, 0.3) is 11.8 Å². The Morgan fingerprint density at radius 3 is 2.14 bits per heavy atom. The topological polar surface area (TPSA) is 83.9 Å². The first-order valence-electron chi connectivity index (χ1n) is 7.38. The molecule has 1 N–H and O–H groups in total. The highest BCUT2D eigenvalue weighted by molar-refractivity contribution is 6.21. The number of hydrogen-bond donors (Lipinski definition) is 1. The van der Waals surface area contributed by atoms with Crippen molar-refractivity contribution in [1.29, 1.82) is 0 Å². The molecule has 2 aliphatic rings. The van der Waals surface area contributed by atoms with Crippen molar-refractivity contribution in [2.45, 2.75) is 37.8 Å². The summed E-state index contributed by atoms with van der Waals surface area (Å²) in [6.45, 7) is -0.303. The molecule has 3 rings (SSSR count). The Kier molecular flexibility index (Phi) is 3.94. The monoisotopic (exact) mass is 303 g/mol. The Labute approximate surface area is 127 Å². The zero-order valence-electron chi connectivity index (χ0n) is 12.0. The van der Waals surface area contributed by atoms with Crippen LogP contribution in [0.25, 0.3) is 0 Å². The number of carbonyl (C=O) groups is 3. The van der Waals surface area contributed by atoms with Crippen LogP contribution in [0.4, 0.5) is 0 Å². The SMILES string of the molecule is O=C(O)COC1CCC(N2C(=O)c3ccccc3C2=O)CC1. The van der Waals surface area contributed by atoms with Crippen molar-refractivity contribution in [1.82, 2.24) is 4.90 Å². The standard InChI is InChI=1S/C16H17NO5/c18-14(19)9-22-11-7-5-10(6-8-11)17-15(20)12-3-1-2-4-13(12)16(17)21/h1-4,10-11H,5-9H2,(H,18,19). The molecule has 6 nitrogen and oxygen atoms in total. The fraction of sp³-hybridized carbons (Fsp3) is 0.438. The number of carboxylic acids is 1. The van der Waals surface area contributed by atoms with Gasteiger partial charge in [-0.2, -0.15) is 0 Å². The lowest BCUT2D eigenvalue weighted by atomic mass is 9.92. The van der Waals surface area contributed by atoms with Crippen molar-refractivity contribution in [3.63, 3.8) is 0 Å². The maximum atomic E-state index is 12.4. The van der Waals surface area contributed by atoms with E-state index in [9.17, 15) is 14.4 Å². The number of aliphatic carboxylic acids is 1. The lowest BCUT2D eigenvalue weighted by Gasteiger charge is -2.33. The van der Waals surface area contributed by atoms with Crippen LogP contribution >= 0.6 is 0 Å². The summed E-state index contributed by atoms with van der Waals surface area (Å²) in [7, 11) is 0. The van der Waals surface area contributed by atoms with Gasteiger partial charge in [-0.1, -0.05) is 12.1 Å². The van der Waals surface area contributed by atoms with Crippen LogP contribution in [0.15, 0.2) is 24.3 Å².